The summed E-state index contributed by atoms with van der Waals surface area (Å²) in [7, 11) is 0. The number of carbonyl (C=O) groups is 1. The molecule has 4 heteroatoms. The van der Waals surface area contributed by atoms with Gasteiger partial charge >= 0.3 is 5.97 Å². The SMILES string of the molecule is C=COC(C)=O.Cl.[C-]#N. The lowest BCUT2D eigenvalue weighted by atomic mass is 10.8. The van der Waals surface area contributed by atoms with Crippen LogP contribution in [0.3, 0.4) is 0 Å². The van der Waals surface area contributed by atoms with Gasteiger partial charge in [0.1, 0.15) is 0 Å². The molecule has 0 aromatic heterocycles. The third-order valence-electron chi connectivity index (χ3n) is 0.249. The highest BCUT2D eigenvalue weighted by Gasteiger charge is 1.79. The number of halogens is 1. The van der Waals surface area contributed by atoms with E-state index in [0.717, 1.165) is 6.26 Å². The fourth-order valence-corrected chi connectivity index (χ4v) is 0.117. The van der Waals surface area contributed by atoms with E-state index >= 15 is 0 Å². The molecule has 0 aromatic rings. The van der Waals surface area contributed by atoms with E-state index in [0.29, 0.717) is 0 Å². The summed E-state index contributed by atoms with van der Waals surface area (Å²) in [6.45, 7) is 9.23. The summed E-state index contributed by atoms with van der Waals surface area (Å²) in [6, 6.07) is 0. The largest absolute Gasteiger partial charge is 0.512 e. The van der Waals surface area contributed by atoms with E-state index in [2.05, 4.69) is 11.3 Å². The van der Waals surface area contributed by atoms with Crippen LogP contribution in [-0.2, 0) is 9.53 Å². The Kier molecular flexibility index (Phi) is 27.4. The Morgan fingerprint density at radius 3 is 2.11 bits per heavy atom. The molecular formula is C5H7ClNO2-. The van der Waals surface area contributed by atoms with Crippen molar-refractivity contribution in [2.24, 2.45) is 0 Å². The Hall–Kier alpha value is -1.01. The normalized spacial score (nSPS) is 4.78. The van der Waals surface area contributed by atoms with Gasteiger partial charge in [-0.05, 0) is 0 Å². The van der Waals surface area contributed by atoms with Gasteiger partial charge in [0.2, 0.25) is 0 Å². The number of hydrogen-bond donors (Lipinski definition) is 0. The molecule has 0 rings (SSSR count). The molecule has 0 heterocycles. The quantitative estimate of drug-likeness (QED) is 0.319. The first-order chi connectivity index (χ1) is 3.77. The first kappa shape index (κ1) is 15.7. The van der Waals surface area contributed by atoms with Crippen molar-refractivity contribution in [2.45, 2.75) is 6.92 Å². The van der Waals surface area contributed by atoms with Crippen LogP contribution in [0.15, 0.2) is 12.8 Å². The van der Waals surface area contributed by atoms with Gasteiger partial charge in [-0.25, -0.2) is 0 Å². The lowest BCUT2D eigenvalue weighted by Gasteiger charge is -1.83. The smallest absolute Gasteiger partial charge is 0.307 e. The van der Waals surface area contributed by atoms with Crippen LogP contribution in [0.1, 0.15) is 6.92 Å². The maximum absolute atomic E-state index is 9.75. The molecule has 0 aromatic carbocycles. The second-order valence-electron chi connectivity index (χ2n) is 0.776. The van der Waals surface area contributed by atoms with Crippen molar-refractivity contribution in [1.82, 2.24) is 0 Å². The topological polar surface area (TPSA) is 50.1 Å². The van der Waals surface area contributed by atoms with Gasteiger partial charge in [-0.3, -0.25) is 4.79 Å². The fraction of sp³-hybridized carbons (Fsp3) is 0.200. The average Bonchev–Trinajstić information content (AvgIpc) is 1.72. The number of rotatable bonds is 1. The number of nitrogens with zero attached hydrogens (tertiary/aromatic N) is 1. The van der Waals surface area contributed by atoms with Crippen LogP contribution in [0.25, 0.3) is 0 Å². The summed E-state index contributed by atoms with van der Waals surface area (Å²) >= 11 is 0. The summed E-state index contributed by atoms with van der Waals surface area (Å²) in [5, 5.41) is 6.25. The highest BCUT2D eigenvalue weighted by Crippen LogP contribution is 1.70. The maximum atomic E-state index is 9.75. The van der Waals surface area contributed by atoms with E-state index < -0.39 is 0 Å². The maximum Gasteiger partial charge on any atom is 0.307 e. The minimum Gasteiger partial charge on any atom is -0.512 e. The third-order valence-corrected chi connectivity index (χ3v) is 0.249. The molecule has 9 heavy (non-hydrogen) atoms. The molecule has 0 aliphatic heterocycles. The Morgan fingerprint density at radius 1 is 1.78 bits per heavy atom. The lowest BCUT2D eigenvalue weighted by molar-refractivity contribution is -0.135. The zero-order chi connectivity index (χ0) is 6.99. The second kappa shape index (κ2) is 15.8. The van der Waals surface area contributed by atoms with Crippen molar-refractivity contribution in [3.05, 3.63) is 19.4 Å². The molecule has 0 aliphatic rings. The number of carbonyl (C=O) groups excluding carboxylic acids is 1. The molecule has 0 aliphatic carbocycles. The molecule has 0 saturated heterocycles. The van der Waals surface area contributed by atoms with Gasteiger partial charge in [0.05, 0.1) is 6.26 Å². The van der Waals surface area contributed by atoms with Crippen LogP contribution >= 0.6 is 12.4 Å². The van der Waals surface area contributed by atoms with Crippen molar-refractivity contribution in [3.8, 4) is 0 Å². The highest BCUT2D eigenvalue weighted by atomic mass is 35.5. The summed E-state index contributed by atoms with van der Waals surface area (Å²) in [5.41, 5.74) is 0. The first-order valence-corrected chi connectivity index (χ1v) is 1.78. The molecule has 0 unspecified atom stereocenters. The van der Waals surface area contributed by atoms with E-state index in [-0.39, 0.29) is 18.4 Å². The van der Waals surface area contributed by atoms with Gasteiger partial charge in [-0.1, -0.05) is 6.58 Å². The third kappa shape index (κ3) is 44.0. The summed E-state index contributed by atoms with van der Waals surface area (Å²) in [4.78, 5) is 9.75. The van der Waals surface area contributed by atoms with E-state index in [9.17, 15) is 4.79 Å². The molecule has 0 radical (unpaired) electrons. The second-order valence-corrected chi connectivity index (χ2v) is 0.776. The molecule has 0 fully saturated rings. The standard InChI is InChI=1S/C4H6O2.CN.ClH/c1-3-6-4(2)5;1-2;/h3H,1H2,2H3;;1H/q;-1;. The molecule has 0 atom stereocenters. The van der Waals surface area contributed by atoms with Crippen LogP contribution < -0.4 is 0 Å². The molecule has 52 valence electrons. The monoisotopic (exact) mass is 148 g/mol. The van der Waals surface area contributed by atoms with Crippen molar-refractivity contribution in [3.63, 3.8) is 0 Å². The van der Waals surface area contributed by atoms with Crippen LogP contribution in [0.4, 0.5) is 0 Å². The Balaban J connectivity index is -0.000000109. The van der Waals surface area contributed by atoms with E-state index in [1.165, 1.54) is 6.92 Å². The van der Waals surface area contributed by atoms with Crippen molar-refractivity contribution in [2.75, 3.05) is 0 Å². The van der Waals surface area contributed by atoms with E-state index in [4.69, 9.17) is 11.8 Å². The van der Waals surface area contributed by atoms with Crippen LogP contribution in [0, 0.1) is 11.8 Å². The Morgan fingerprint density at radius 2 is 2.11 bits per heavy atom. The average molecular weight is 149 g/mol. The number of ether oxygens (including phenoxy) is 1. The Bertz CT molecular complexity index is 100. The first-order valence-electron chi connectivity index (χ1n) is 1.78. The molecule has 0 amide bonds. The van der Waals surface area contributed by atoms with Crippen molar-refractivity contribution >= 4 is 18.4 Å². The van der Waals surface area contributed by atoms with E-state index in [1.807, 2.05) is 0 Å². The molecule has 3 nitrogen and oxygen atoms in total. The van der Waals surface area contributed by atoms with Gasteiger partial charge < -0.3 is 16.6 Å². The van der Waals surface area contributed by atoms with Crippen molar-refractivity contribution in [1.29, 1.82) is 5.26 Å². The van der Waals surface area contributed by atoms with Crippen LogP contribution in [-0.4, -0.2) is 5.97 Å². The molecule has 0 saturated carbocycles. The van der Waals surface area contributed by atoms with Crippen molar-refractivity contribution < 1.29 is 9.53 Å². The molecule has 0 N–H and O–H groups in total. The van der Waals surface area contributed by atoms with Gasteiger partial charge in [0.15, 0.2) is 0 Å². The number of hydrogen-bond acceptors (Lipinski definition) is 3. The number of esters is 1. The zero-order valence-electron chi connectivity index (χ0n) is 4.96. The summed E-state index contributed by atoms with van der Waals surface area (Å²) in [5.74, 6) is -0.329. The van der Waals surface area contributed by atoms with Crippen LogP contribution in [0.2, 0.25) is 0 Å². The molecule has 0 spiro atoms. The lowest BCUT2D eigenvalue weighted by Crippen LogP contribution is -1.87. The van der Waals surface area contributed by atoms with Crippen LogP contribution in [0.5, 0.6) is 0 Å². The summed E-state index contributed by atoms with van der Waals surface area (Å²) in [6.07, 6.45) is 1.10. The predicted octanol–water partition coefficient (Wildman–Crippen LogP) is 1.21. The highest BCUT2D eigenvalue weighted by molar-refractivity contribution is 5.85. The fourth-order valence-electron chi connectivity index (χ4n) is 0.117. The zero-order valence-corrected chi connectivity index (χ0v) is 5.77. The Labute approximate surface area is 60.3 Å². The summed E-state index contributed by atoms with van der Waals surface area (Å²) < 4.78 is 4.17. The minimum absolute atomic E-state index is 0. The molecule has 0 bridgehead atoms. The minimum atomic E-state index is -0.329. The van der Waals surface area contributed by atoms with E-state index in [1.54, 1.807) is 0 Å². The van der Waals surface area contributed by atoms with Gasteiger partial charge in [-0.15, -0.1) is 12.4 Å². The predicted molar refractivity (Wildman–Crippen MR) is 34.2 cm³/mol. The van der Waals surface area contributed by atoms with Gasteiger partial charge in [0, 0.05) is 6.92 Å². The molecular weight excluding hydrogens is 142 g/mol. The van der Waals surface area contributed by atoms with Gasteiger partial charge in [-0.2, -0.15) is 0 Å². The van der Waals surface area contributed by atoms with Gasteiger partial charge in [0.25, 0.3) is 0 Å².